The minimum Gasteiger partial charge on any atom is -0.478 e. The maximum atomic E-state index is 11.0. The quantitative estimate of drug-likeness (QED) is 0.764. The molecule has 2 aromatic rings. The molecule has 0 saturated carbocycles. The van der Waals surface area contributed by atoms with E-state index in [1.54, 1.807) is 12.1 Å². The first-order valence-electron chi connectivity index (χ1n) is 4.56. The van der Waals surface area contributed by atoms with Gasteiger partial charge in [0.25, 0.3) is 0 Å². The molecule has 78 valence electrons. The average Bonchev–Trinajstić information content (AvgIpc) is 2.55. The average molecular weight is 221 g/mol. The molecule has 3 nitrogen and oxygen atoms in total. The van der Waals surface area contributed by atoms with E-state index in [0.29, 0.717) is 11.3 Å². The van der Waals surface area contributed by atoms with Crippen molar-refractivity contribution in [3.05, 3.63) is 35.5 Å². The summed E-state index contributed by atoms with van der Waals surface area (Å²) in [6.07, 6.45) is 1.92. The van der Waals surface area contributed by atoms with E-state index in [-0.39, 0.29) is 0 Å². The van der Waals surface area contributed by atoms with Crippen molar-refractivity contribution in [3.8, 4) is 0 Å². The lowest BCUT2D eigenvalue weighted by Crippen LogP contribution is -1.99. The van der Waals surface area contributed by atoms with Gasteiger partial charge in [0.2, 0.25) is 0 Å². The number of aromatic carboxylic acids is 1. The van der Waals surface area contributed by atoms with Crippen LogP contribution in [0.4, 0.5) is 0 Å². The van der Waals surface area contributed by atoms with Gasteiger partial charge in [0.1, 0.15) is 0 Å². The molecule has 0 unspecified atom stereocenters. The number of para-hydroxylation sites is 1. The Morgan fingerprint density at radius 1 is 1.53 bits per heavy atom. The summed E-state index contributed by atoms with van der Waals surface area (Å²) in [5.74, 6) is -0.284. The zero-order valence-corrected chi connectivity index (χ0v) is 9.16. The van der Waals surface area contributed by atoms with Gasteiger partial charge in [-0.15, -0.1) is 0 Å². The van der Waals surface area contributed by atoms with E-state index in [9.17, 15) is 4.79 Å². The fraction of sp³-hybridized carbons (Fsp3) is 0.182. The van der Waals surface area contributed by atoms with Crippen LogP contribution < -0.4 is 0 Å². The molecule has 1 aromatic carbocycles. The Bertz CT molecular complexity index is 531. The number of fused-ring (bicyclic) bond motifs is 1. The number of thiol groups is 1. The molecule has 0 spiro atoms. The number of carboxylic acid groups (broad SMARTS) is 1. The fourth-order valence-electron chi connectivity index (χ4n) is 1.85. The second kappa shape index (κ2) is 3.62. The van der Waals surface area contributed by atoms with Gasteiger partial charge in [0.15, 0.2) is 0 Å². The molecule has 0 atom stereocenters. The Balaban J connectivity index is 2.86. The normalized spacial score (nSPS) is 10.8. The smallest absolute Gasteiger partial charge is 0.337 e. The van der Waals surface area contributed by atoms with Crippen LogP contribution in [-0.4, -0.2) is 15.6 Å². The Labute approximate surface area is 92.7 Å². The van der Waals surface area contributed by atoms with E-state index in [1.165, 1.54) is 0 Å². The lowest BCUT2D eigenvalue weighted by atomic mass is 10.1. The SMILES string of the molecule is Cn1cc(CS)c2cccc(C(=O)O)c21. The third-order valence-corrected chi connectivity index (χ3v) is 2.83. The lowest BCUT2D eigenvalue weighted by molar-refractivity contribution is 0.0698. The van der Waals surface area contributed by atoms with Gasteiger partial charge in [-0.1, -0.05) is 12.1 Å². The van der Waals surface area contributed by atoms with Crippen molar-refractivity contribution in [2.24, 2.45) is 7.05 Å². The van der Waals surface area contributed by atoms with E-state index < -0.39 is 5.97 Å². The predicted octanol–water partition coefficient (Wildman–Crippen LogP) is 2.31. The summed E-state index contributed by atoms with van der Waals surface area (Å²) in [6.45, 7) is 0. The van der Waals surface area contributed by atoms with Crippen LogP contribution in [-0.2, 0) is 12.8 Å². The molecular formula is C11H11NO2S. The fourth-order valence-corrected chi connectivity index (χ4v) is 2.10. The maximum Gasteiger partial charge on any atom is 0.337 e. The van der Waals surface area contributed by atoms with Crippen molar-refractivity contribution in [2.45, 2.75) is 5.75 Å². The Hall–Kier alpha value is -1.42. The summed E-state index contributed by atoms with van der Waals surface area (Å²) in [4.78, 5) is 11.0. The zero-order valence-electron chi connectivity index (χ0n) is 8.27. The van der Waals surface area contributed by atoms with Crippen molar-refractivity contribution < 1.29 is 9.90 Å². The topological polar surface area (TPSA) is 42.2 Å². The van der Waals surface area contributed by atoms with E-state index in [1.807, 2.05) is 23.9 Å². The van der Waals surface area contributed by atoms with Crippen molar-refractivity contribution in [1.82, 2.24) is 4.57 Å². The summed E-state index contributed by atoms with van der Waals surface area (Å²) in [7, 11) is 1.85. The number of carbonyl (C=O) groups is 1. The zero-order chi connectivity index (χ0) is 11.0. The number of aromatic nitrogens is 1. The highest BCUT2D eigenvalue weighted by atomic mass is 32.1. The van der Waals surface area contributed by atoms with Crippen LogP contribution >= 0.6 is 12.6 Å². The first kappa shape index (κ1) is 10.1. The first-order valence-corrected chi connectivity index (χ1v) is 5.19. The van der Waals surface area contributed by atoms with E-state index in [4.69, 9.17) is 5.11 Å². The van der Waals surface area contributed by atoms with E-state index >= 15 is 0 Å². The molecule has 0 saturated heterocycles. The van der Waals surface area contributed by atoms with Gasteiger partial charge in [-0.3, -0.25) is 0 Å². The third-order valence-electron chi connectivity index (χ3n) is 2.48. The molecule has 1 N–H and O–H groups in total. The Morgan fingerprint density at radius 2 is 2.27 bits per heavy atom. The molecule has 0 aliphatic rings. The Kier molecular flexibility index (Phi) is 2.44. The first-order chi connectivity index (χ1) is 7.15. The monoisotopic (exact) mass is 221 g/mol. The second-order valence-corrected chi connectivity index (χ2v) is 3.75. The van der Waals surface area contributed by atoms with Crippen LogP contribution in [0.5, 0.6) is 0 Å². The summed E-state index contributed by atoms with van der Waals surface area (Å²) in [5, 5.41) is 10.0. The van der Waals surface area contributed by atoms with E-state index in [2.05, 4.69) is 12.6 Å². The van der Waals surface area contributed by atoms with Crippen LogP contribution in [0.3, 0.4) is 0 Å². The summed E-state index contributed by atoms with van der Waals surface area (Å²) >= 11 is 4.22. The van der Waals surface area contributed by atoms with Gasteiger partial charge < -0.3 is 9.67 Å². The molecule has 0 aliphatic heterocycles. The van der Waals surface area contributed by atoms with E-state index in [0.717, 1.165) is 16.5 Å². The van der Waals surface area contributed by atoms with Crippen molar-refractivity contribution >= 4 is 29.5 Å². The summed E-state index contributed by atoms with van der Waals surface area (Å²) < 4.78 is 1.84. The number of carboxylic acids is 1. The summed E-state index contributed by atoms with van der Waals surface area (Å²) in [6, 6.07) is 5.30. The molecule has 4 heteroatoms. The minimum absolute atomic E-state index is 0.336. The van der Waals surface area contributed by atoms with Gasteiger partial charge in [-0.05, 0) is 11.6 Å². The Morgan fingerprint density at radius 3 is 2.87 bits per heavy atom. The molecule has 0 aliphatic carbocycles. The number of aryl methyl sites for hydroxylation is 1. The van der Waals surface area contributed by atoms with Gasteiger partial charge >= 0.3 is 5.97 Å². The van der Waals surface area contributed by atoms with Gasteiger partial charge in [-0.2, -0.15) is 12.6 Å². The maximum absolute atomic E-state index is 11.0. The number of hydrogen-bond acceptors (Lipinski definition) is 2. The van der Waals surface area contributed by atoms with Crippen LogP contribution in [0.1, 0.15) is 15.9 Å². The van der Waals surface area contributed by atoms with Crippen molar-refractivity contribution in [2.75, 3.05) is 0 Å². The molecule has 0 fully saturated rings. The van der Waals surface area contributed by atoms with Crippen molar-refractivity contribution in [1.29, 1.82) is 0 Å². The highest BCUT2D eigenvalue weighted by molar-refractivity contribution is 7.79. The molecule has 0 radical (unpaired) electrons. The van der Waals surface area contributed by atoms with Crippen LogP contribution in [0, 0.1) is 0 Å². The standard InChI is InChI=1S/C11H11NO2S/c1-12-5-7(6-15)8-3-2-4-9(10(8)12)11(13)14/h2-5,15H,6H2,1H3,(H,13,14). The number of benzene rings is 1. The van der Waals surface area contributed by atoms with Crippen molar-refractivity contribution in [3.63, 3.8) is 0 Å². The van der Waals surface area contributed by atoms with Crippen LogP contribution in [0.2, 0.25) is 0 Å². The molecule has 0 bridgehead atoms. The third kappa shape index (κ3) is 1.51. The molecule has 0 amide bonds. The highest BCUT2D eigenvalue weighted by Crippen LogP contribution is 2.25. The number of nitrogens with zero attached hydrogens (tertiary/aromatic N) is 1. The summed E-state index contributed by atoms with van der Waals surface area (Å²) in [5.41, 5.74) is 2.15. The van der Waals surface area contributed by atoms with Crippen LogP contribution in [0.25, 0.3) is 10.9 Å². The second-order valence-electron chi connectivity index (χ2n) is 3.43. The molecule has 1 heterocycles. The number of rotatable bonds is 2. The van der Waals surface area contributed by atoms with Gasteiger partial charge in [0, 0.05) is 24.4 Å². The number of hydrogen-bond donors (Lipinski definition) is 2. The highest BCUT2D eigenvalue weighted by Gasteiger charge is 2.13. The predicted molar refractivity (Wildman–Crippen MR) is 62.6 cm³/mol. The molecule has 2 rings (SSSR count). The molecular weight excluding hydrogens is 210 g/mol. The van der Waals surface area contributed by atoms with Gasteiger partial charge in [-0.25, -0.2) is 4.79 Å². The van der Waals surface area contributed by atoms with Gasteiger partial charge in [0.05, 0.1) is 11.1 Å². The minimum atomic E-state index is -0.896. The lowest BCUT2D eigenvalue weighted by Gasteiger charge is -2.00. The molecule has 15 heavy (non-hydrogen) atoms. The molecule has 1 aromatic heterocycles. The van der Waals surface area contributed by atoms with Crippen LogP contribution in [0.15, 0.2) is 24.4 Å². The largest absolute Gasteiger partial charge is 0.478 e.